The molecule has 0 fully saturated rings. The van der Waals surface area contributed by atoms with Crippen LogP contribution < -0.4 is 15.0 Å². The number of carbonyl (C=O) groups is 3. The molecule has 10 nitrogen and oxygen atoms in total. The summed E-state index contributed by atoms with van der Waals surface area (Å²) in [5.41, 5.74) is 3.36. The summed E-state index contributed by atoms with van der Waals surface area (Å²) in [5, 5.41) is 25.7. The van der Waals surface area contributed by atoms with Crippen LogP contribution in [0.3, 0.4) is 0 Å². The number of hydrogen-bond donors (Lipinski definition) is 4. The number of aromatic nitrogens is 1. The fourth-order valence-corrected chi connectivity index (χ4v) is 6.60. The Morgan fingerprint density at radius 3 is 2.49 bits per heavy atom. The molecule has 4 N–H and O–H groups in total. The minimum atomic E-state index is -1.91. The Bertz CT molecular complexity index is 2040. The van der Waals surface area contributed by atoms with Crippen LogP contribution in [-0.4, -0.2) is 58.1 Å². The molecular formula is C41H42N4O6. The number of aliphatic hydroxyl groups is 2. The van der Waals surface area contributed by atoms with Gasteiger partial charge in [0.05, 0.1) is 32.4 Å². The molecule has 1 aromatic heterocycles. The number of rotatable bonds is 14. The highest BCUT2D eigenvalue weighted by molar-refractivity contribution is 6.07. The van der Waals surface area contributed by atoms with Gasteiger partial charge in [-0.05, 0) is 53.1 Å². The van der Waals surface area contributed by atoms with Gasteiger partial charge in [-0.25, -0.2) is 0 Å². The fourth-order valence-electron chi connectivity index (χ4n) is 6.60. The lowest BCUT2D eigenvalue weighted by Gasteiger charge is -2.28. The lowest BCUT2D eigenvalue weighted by Crippen LogP contribution is -2.44. The predicted molar refractivity (Wildman–Crippen MR) is 197 cm³/mol. The number of para-hydroxylation sites is 1. The quantitative estimate of drug-likeness (QED) is 0.111. The molecule has 2 heterocycles. The Morgan fingerprint density at radius 1 is 1.00 bits per heavy atom. The topological polar surface area (TPSA) is 135 Å². The first-order valence-electron chi connectivity index (χ1n) is 17.0. The van der Waals surface area contributed by atoms with Crippen LogP contribution in [0.2, 0.25) is 0 Å². The van der Waals surface area contributed by atoms with Gasteiger partial charge in [0, 0.05) is 53.8 Å². The maximum atomic E-state index is 14.1. The van der Waals surface area contributed by atoms with E-state index >= 15 is 0 Å². The molecule has 0 aliphatic carbocycles. The molecule has 1 aliphatic heterocycles. The van der Waals surface area contributed by atoms with E-state index in [0.717, 1.165) is 27.6 Å². The number of nitrogens with one attached hydrogen (secondary N) is 2. The van der Waals surface area contributed by atoms with Crippen molar-refractivity contribution >= 4 is 40.0 Å². The minimum Gasteiger partial charge on any atom is -0.497 e. The van der Waals surface area contributed by atoms with Crippen LogP contribution in [0.15, 0.2) is 115 Å². The van der Waals surface area contributed by atoms with E-state index in [9.17, 15) is 24.6 Å². The summed E-state index contributed by atoms with van der Waals surface area (Å²) in [6, 6.07) is 29.9. The smallest absolute Gasteiger partial charge is 0.264 e. The first-order valence-corrected chi connectivity index (χ1v) is 17.0. The lowest BCUT2D eigenvalue weighted by molar-refractivity contribution is -0.139. The van der Waals surface area contributed by atoms with Crippen LogP contribution in [0.25, 0.3) is 10.9 Å². The number of H-pyrrole nitrogens is 1. The molecule has 1 aliphatic rings. The van der Waals surface area contributed by atoms with Crippen molar-refractivity contribution in [3.8, 4) is 5.75 Å². The molecule has 6 rings (SSSR count). The summed E-state index contributed by atoms with van der Waals surface area (Å²) >= 11 is 0. The van der Waals surface area contributed by atoms with Gasteiger partial charge >= 0.3 is 0 Å². The van der Waals surface area contributed by atoms with E-state index in [1.165, 1.54) is 7.11 Å². The van der Waals surface area contributed by atoms with E-state index < -0.39 is 17.4 Å². The molecule has 51 heavy (non-hydrogen) atoms. The molecule has 2 atom stereocenters. The molecule has 0 radical (unpaired) electrons. The van der Waals surface area contributed by atoms with E-state index in [1.54, 1.807) is 59.2 Å². The monoisotopic (exact) mass is 686 g/mol. The average molecular weight is 687 g/mol. The normalized spacial score (nSPS) is 16.0. The van der Waals surface area contributed by atoms with Crippen molar-refractivity contribution in [2.24, 2.45) is 5.92 Å². The first kappa shape index (κ1) is 35.1. The second kappa shape index (κ2) is 15.5. The largest absolute Gasteiger partial charge is 0.497 e. The SMILES string of the molecule is COc1ccc2c(c1)[C@](O)([C@@H](C)/C=C/CC(=O)N(CCO)Cc1ccccc1)C(=O)N2Cc1ccc(NC(=O)Cc2c[nH]c3ccccc23)cc1. The van der Waals surface area contributed by atoms with Gasteiger partial charge in [0.2, 0.25) is 11.8 Å². The highest BCUT2D eigenvalue weighted by atomic mass is 16.5. The van der Waals surface area contributed by atoms with E-state index in [1.807, 2.05) is 72.9 Å². The Morgan fingerprint density at radius 2 is 1.75 bits per heavy atom. The fraction of sp³-hybridized carbons (Fsp3) is 0.244. The van der Waals surface area contributed by atoms with Crippen LogP contribution in [0.5, 0.6) is 5.75 Å². The number of ether oxygens (including phenoxy) is 1. The van der Waals surface area contributed by atoms with Crippen molar-refractivity contribution in [1.82, 2.24) is 9.88 Å². The zero-order valence-corrected chi connectivity index (χ0v) is 28.7. The molecule has 4 aromatic carbocycles. The summed E-state index contributed by atoms with van der Waals surface area (Å²) in [5.74, 6) is -1.000. The number of hydrogen-bond acceptors (Lipinski definition) is 6. The molecular weight excluding hydrogens is 644 g/mol. The summed E-state index contributed by atoms with van der Waals surface area (Å²) < 4.78 is 5.44. The number of anilines is 2. The van der Waals surface area contributed by atoms with Crippen molar-refractivity contribution < 1.29 is 29.3 Å². The average Bonchev–Trinajstić information content (AvgIpc) is 3.64. The van der Waals surface area contributed by atoms with Crippen molar-refractivity contribution in [1.29, 1.82) is 0 Å². The predicted octanol–water partition coefficient (Wildman–Crippen LogP) is 5.70. The summed E-state index contributed by atoms with van der Waals surface area (Å²) in [4.78, 5) is 46.4. The van der Waals surface area contributed by atoms with Gasteiger partial charge in [-0.3, -0.25) is 14.4 Å². The first-order chi connectivity index (χ1) is 24.7. The maximum Gasteiger partial charge on any atom is 0.264 e. The Balaban J connectivity index is 1.14. The molecule has 262 valence electrons. The number of amides is 3. The van der Waals surface area contributed by atoms with E-state index in [2.05, 4.69) is 10.3 Å². The van der Waals surface area contributed by atoms with Crippen LogP contribution in [0.4, 0.5) is 11.4 Å². The highest BCUT2D eigenvalue weighted by Gasteiger charge is 2.52. The second-order valence-corrected chi connectivity index (χ2v) is 12.8. The van der Waals surface area contributed by atoms with Crippen molar-refractivity contribution in [3.63, 3.8) is 0 Å². The molecule has 0 bridgehead atoms. The molecule has 10 heteroatoms. The van der Waals surface area contributed by atoms with Gasteiger partial charge in [-0.1, -0.05) is 79.7 Å². The highest BCUT2D eigenvalue weighted by Crippen LogP contribution is 2.47. The zero-order valence-electron chi connectivity index (χ0n) is 28.7. The lowest BCUT2D eigenvalue weighted by atomic mass is 9.83. The standard InChI is InChI=1S/C41H42N4O6/c1-28(9-8-14-39(48)44(21-22-46)26-29-10-4-3-5-11-29)41(50)35-24-33(51-2)19-20-37(35)45(40(41)49)27-30-15-17-32(18-16-30)43-38(47)23-31-25-42-36-13-7-6-12-34(31)36/h3-13,15-20,24-25,28,42,46,50H,14,21-23,26-27H2,1-2H3,(H,43,47)/b9-8+/t28-,41+/m0/s1. The third-order valence-corrected chi connectivity index (χ3v) is 9.40. The van der Waals surface area contributed by atoms with Crippen molar-refractivity contribution in [3.05, 3.63) is 138 Å². The minimum absolute atomic E-state index is 0.0425. The molecule has 0 saturated heterocycles. The van der Waals surface area contributed by atoms with Crippen molar-refractivity contribution in [2.75, 3.05) is 30.5 Å². The van der Waals surface area contributed by atoms with Gasteiger partial charge < -0.3 is 35.1 Å². The molecule has 0 spiro atoms. The molecule has 5 aromatic rings. The molecule has 0 unspecified atom stereocenters. The third-order valence-electron chi connectivity index (χ3n) is 9.40. The van der Waals surface area contributed by atoms with Gasteiger partial charge in [0.25, 0.3) is 5.91 Å². The van der Waals surface area contributed by atoms with E-state index in [0.29, 0.717) is 29.2 Å². The van der Waals surface area contributed by atoms with Crippen LogP contribution in [0, 0.1) is 5.92 Å². The Kier molecular flexibility index (Phi) is 10.6. The molecule has 0 saturated carbocycles. The number of carbonyl (C=O) groups excluding carboxylic acids is 3. The number of fused-ring (bicyclic) bond motifs is 2. The van der Waals surface area contributed by atoms with E-state index in [4.69, 9.17) is 4.74 Å². The van der Waals surface area contributed by atoms with E-state index in [-0.39, 0.29) is 44.4 Å². The number of methoxy groups -OCH3 is 1. The Hall–Kier alpha value is -5.71. The van der Waals surface area contributed by atoms with Crippen LogP contribution in [0.1, 0.15) is 35.6 Å². The maximum absolute atomic E-state index is 14.1. The number of nitrogens with zero attached hydrogens (tertiary/aromatic N) is 2. The number of benzene rings is 4. The Labute approximate surface area is 297 Å². The molecule has 3 amide bonds. The van der Waals surface area contributed by atoms with Gasteiger partial charge in [-0.2, -0.15) is 0 Å². The van der Waals surface area contributed by atoms with Crippen LogP contribution in [-0.2, 0) is 39.5 Å². The summed E-state index contributed by atoms with van der Waals surface area (Å²) in [7, 11) is 1.53. The van der Waals surface area contributed by atoms with Gasteiger partial charge in [-0.15, -0.1) is 0 Å². The van der Waals surface area contributed by atoms with Crippen molar-refractivity contribution in [2.45, 2.75) is 38.5 Å². The van der Waals surface area contributed by atoms with Gasteiger partial charge in [0.1, 0.15) is 5.75 Å². The second-order valence-electron chi connectivity index (χ2n) is 12.8. The summed E-state index contributed by atoms with van der Waals surface area (Å²) in [6.07, 6.45) is 5.48. The summed E-state index contributed by atoms with van der Waals surface area (Å²) in [6.45, 7) is 2.33. The number of aromatic amines is 1. The zero-order chi connectivity index (χ0) is 36.0. The van der Waals surface area contributed by atoms with Crippen LogP contribution >= 0.6 is 0 Å². The van der Waals surface area contributed by atoms with Gasteiger partial charge in [0.15, 0.2) is 5.60 Å². The number of aliphatic hydroxyl groups excluding tert-OH is 1. The third kappa shape index (κ3) is 7.57.